The molecule has 0 aliphatic carbocycles. The van der Waals surface area contributed by atoms with Crippen molar-refractivity contribution in [2.45, 2.75) is 6.92 Å². The van der Waals surface area contributed by atoms with Crippen molar-refractivity contribution in [1.29, 1.82) is 5.26 Å². The largest absolute Gasteiger partial charge is 0.462 e. The maximum Gasteiger partial charge on any atom is 0.341 e. The molecule has 1 aromatic rings. The van der Waals surface area contributed by atoms with Crippen LogP contribution >= 0.6 is 0 Å². The number of carbonyl (C=O) groups is 1. The quantitative estimate of drug-likeness (QED) is 0.600. The molecule has 0 radical (unpaired) electrons. The molecule has 0 aromatic carbocycles. The third-order valence-corrected chi connectivity index (χ3v) is 3.25. The third kappa shape index (κ3) is 3.25. The van der Waals surface area contributed by atoms with Crippen LogP contribution in [-0.4, -0.2) is 55.2 Å². The van der Waals surface area contributed by atoms with E-state index in [2.05, 4.69) is 20.9 Å². The summed E-state index contributed by atoms with van der Waals surface area (Å²) in [4.78, 5) is 20.4. The highest BCUT2D eigenvalue weighted by molar-refractivity contribution is 5.94. The van der Waals surface area contributed by atoms with Gasteiger partial charge in [-0.2, -0.15) is 5.26 Å². The van der Waals surface area contributed by atoms with Gasteiger partial charge in [-0.15, -0.1) is 0 Å². The highest BCUT2D eigenvalue weighted by Crippen LogP contribution is 2.19. The number of nitrogens with zero attached hydrogens (tertiary/aromatic N) is 4. The van der Waals surface area contributed by atoms with Gasteiger partial charge < -0.3 is 9.64 Å². The van der Waals surface area contributed by atoms with E-state index in [0.717, 1.165) is 26.2 Å². The number of esters is 1. The number of piperazine rings is 1. The Hall–Kier alpha value is -2.13. The van der Waals surface area contributed by atoms with Crippen molar-refractivity contribution < 1.29 is 9.53 Å². The first-order valence-electron chi connectivity index (χ1n) is 6.72. The fourth-order valence-corrected chi connectivity index (χ4v) is 2.23. The van der Waals surface area contributed by atoms with Gasteiger partial charge in [-0.05, 0) is 19.1 Å². The van der Waals surface area contributed by atoms with Crippen molar-refractivity contribution >= 4 is 11.8 Å². The number of ether oxygens (including phenoxy) is 1. The molecule has 0 atom stereocenters. The first-order valence-corrected chi connectivity index (χ1v) is 6.72. The Bertz CT molecular complexity index is 504. The van der Waals surface area contributed by atoms with Crippen LogP contribution in [0, 0.1) is 11.3 Å². The van der Waals surface area contributed by atoms with Crippen molar-refractivity contribution in [3.05, 3.63) is 23.9 Å². The lowest BCUT2D eigenvalue weighted by Gasteiger charge is -2.34. The first-order chi connectivity index (χ1) is 9.76. The van der Waals surface area contributed by atoms with Crippen LogP contribution in [0.25, 0.3) is 0 Å². The van der Waals surface area contributed by atoms with E-state index in [1.54, 1.807) is 25.3 Å². The van der Waals surface area contributed by atoms with Gasteiger partial charge in [0.2, 0.25) is 0 Å². The number of aromatic nitrogens is 1. The van der Waals surface area contributed by atoms with Gasteiger partial charge in [-0.3, -0.25) is 4.90 Å². The van der Waals surface area contributed by atoms with Crippen LogP contribution in [-0.2, 0) is 4.74 Å². The molecule has 20 heavy (non-hydrogen) atoms. The molecule has 1 aliphatic rings. The van der Waals surface area contributed by atoms with Crippen molar-refractivity contribution in [2.24, 2.45) is 0 Å². The van der Waals surface area contributed by atoms with Crippen molar-refractivity contribution in [1.82, 2.24) is 9.88 Å². The van der Waals surface area contributed by atoms with E-state index < -0.39 is 0 Å². The molecule has 6 heteroatoms. The van der Waals surface area contributed by atoms with Crippen molar-refractivity contribution in [3.63, 3.8) is 0 Å². The number of nitriles is 1. The molecule has 0 spiro atoms. The van der Waals surface area contributed by atoms with Gasteiger partial charge in [0, 0.05) is 32.4 Å². The van der Waals surface area contributed by atoms with Gasteiger partial charge >= 0.3 is 5.97 Å². The van der Waals surface area contributed by atoms with Gasteiger partial charge in [0.05, 0.1) is 19.2 Å². The number of carbonyl (C=O) groups excluding carboxylic acids is 1. The minimum absolute atomic E-state index is 0.338. The molecule has 1 aromatic heterocycles. The Morgan fingerprint density at radius 2 is 2.20 bits per heavy atom. The summed E-state index contributed by atoms with van der Waals surface area (Å²) in [6.45, 7) is 5.69. The van der Waals surface area contributed by atoms with E-state index in [1.807, 2.05) is 0 Å². The number of hydrogen-bond donors (Lipinski definition) is 0. The fourth-order valence-electron chi connectivity index (χ4n) is 2.23. The van der Waals surface area contributed by atoms with E-state index in [-0.39, 0.29) is 5.97 Å². The molecule has 1 fully saturated rings. The number of rotatable bonds is 4. The van der Waals surface area contributed by atoms with Crippen LogP contribution in [0.15, 0.2) is 18.3 Å². The molecule has 0 N–H and O–H groups in total. The highest BCUT2D eigenvalue weighted by atomic mass is 16.5. The SMILES string of the molecule is CCOC(=O)c1cccnc1N1CCN(CC#N)CC1. The van der Waals surface area contributed by atoms with Crippen molar-refractivity contribution in [3.8, 4) is 6.07 Å². The Balaban J connectivity index is 2.10. The lowest BCUT2D eigenvalue weighted by molar-refractivity contribution is 0.0526. The molecule has 0 amide bonds. The first kappa shape index (κ1) is 14.3. The van der Waals surface area contributed by atoms with Crippen LogP contribution < -0.4 is 4.90 Å². The normalized spacial score (nSPS) is 15.7. The summed E-state index contributed by atoms with van der Waals surface area (Å²) in [5.74, 6) is 0.331. The number of hydrogen-bond acceptors (Lipinski definition) is 6. The fraction of sp³-hybridized carbons (Fsp3) is 0.500. The van der Waals surface area contributed by atoms with Crippen LogP contribution in [0.3, 0.4) is 0 Å². The molecule has 1 aliphatic heterocycles. The Morgan fingerprint density at radius 1 is 1.45 bits per heavy atom. The number of pyridine rings is 1. The summed E-state index contributed by atoms with van der Waals surface area (Å²) < 4.78 is 5.06. The molecule has 6 nitrogen and oxygen atoms in total. The number of anilines is 1. The van der Waals surface area contributed by atoms with Gasteiger partial charge in [0.15, 0.2) is 0 Å². The summed E-state index contributed by atoms with van der Waals surface area (Å²) in [7, 11) is 0. The maximum atomic E-state index is 11.9. The second-order valence-corrected chi connectivity index (χ2v) is 4.52. The van der Waals surface area contributed by atoms with Crippen LogP contribution in [0.2, 0.25) is 0 Å². The van der Waals surface area contributed by atoms with Gasteiger partial charge in [0.1, 0.15) is 11.4 Å². The average molecular weight is 274 g/mol. The topological polar surface area (TPSA) is 69.5 Å². The monoisotopic (exact) mass is 274 g/mol. The molecule has 2 rings (SSSR count). The lowest BCUT2D eigenvalue weighted by Crippen LogP contribution is -2.47. The maximum absolute atomic E-state index is 11.9. The van der Waals surface area contributed by atoms with Gasteiger partial charge in [-0.25, -0.2) is 9.78 Å². The predicted octanol–water partition coefficient (Wildman–Crippen LogP) is 0.904. The van der Waals surface area contributed by atoms with Gasteiger partial charge in [0.25, 0.3) is 0 Å². The van der Waals surface area contributed by atoms with Crippen LogP contribution in [0.5, 0.6) is 0 Å². The molecule has 106 valence electrons. The zero-order chi connectivity index (χ0) is 14.4. The van der Waals surface area contributed by atoms with Crippen LogP contribution in [0.1, 0.15) is 17.3 Å². The minimum atomic E-state index is -0.338. The predicted molar refractivity (Wildman–Crippen MR) is 74.5 cm³/mol. The summed E-state index contributed by atoms with van der Waals surface area (Å²) in [5.41, 5.74) is 0.503. The Morgan fingerprint density at radius 3 is 2.85 bits per heavy atom. The summed E-state index contributed by atoms with van der Waals surface area (Å²) in [5, 5.41) is 8.70. The van der Waals surface area contributed by atoms with E-state index in [4.69, 9.17) is 10.00 Å². The highest BCUT2D eigenvalue weighted by Gasteiger charge is 2.22. The van der Waals surface area contributed by atoms with Crippen LogP contribution in [0.4, 0.5) is 5.82 Å². The molecule has 1 saturated heterocycles. The Labute approximate surface area is 118 Å². The molecule has 2 heterocycles. The second kappa shape index (κ2) is 6.87. The lowest BCUT2D eigenvalue weighted by atomic mass is 10.2. The average Bonchev–Trinajstić information content (AvgIpc) is 2.49. The van der Waals surface area contributed by atoms with Gasteiger partial charge in [-0.1, -0.05) is 0 Å². The zero-order valence-corrected chi connectivity index (χ0v) is 11.6. The zero-order valence-electron chi connectivity index (χ0n) is 11.6. The van der Waals surface area contributed by atoms with E-state index >= 15 is 0 Å². The Kier molecular flexibility index (Phi) is 4.91. The molecular weight excluding hydrogens is 256 g/mol. The summed E-state index contributed by atoms with van der Waals surface area (Å²) in [6, 6.07) is 5.63. The summed E-state index contributed by atoms with van der Waals surface area (Å²) in [6.07, 6.45) is 1.68. The standard InChI is InChI=1S/C14H18N4O2/c1-2-20-14(19)12-4-3-6-16-13(12)18-10-8-17(7-5-15)9-11-18/h3-4,6H,2,7-11H2,1H3. The van der Waals surface area contributed by atoms with E-state index in [9.17, 15) is 4.79 Å². The minimum Gasteiger partial charge on any atom is -0.462 e. The molecule has 0 unspecified atom stereocenters. The second-order valence-electron chi connectivity index (χ2n) is 4.52. The van der Waals surface area contributed by atoms with E-state index in [0.29, 0.717) is 24.5 Å². The van der Waals surface area contributed by atoms with E-state index in [1.165, 1.54) is 0 Å². The summed E-state index contributed by atoms with van der Waals surface area (Å²) >= 11 is 0. The molecular formula is C14H18N4O2. The molecule has 0 bridgehead atoms. The third-order valence-electron chi connectivity index (χ3n) is 3.25. The van der Waals surface area contributed by atoms with Crippen molar-refractivity contribution in [2.75, 3.05) is 44.2 Å². The smallest absolute Gasteiger partial charge is 0.341 e. The molecule has 0 saturated carbocycles.